The van der Waals surface area contributed by atoms with Gasteiger partial charge < -0.3 is 10.1 Å². The summed E-state index contributed by atoms with van der Waals surface area (Å²) in [7, 11) is 0.910. The lowest BCUT2D eigenvalue weighted by Gasteiger charge is -2.19. The van der Waals surface area contributed by atoms with Crippen LogP contribution in [-0.4, -0.2) is 29.4 Å². The summed E-state index contributed by atoms with van der Waals surface area (Å²) in [5.41, 5.74) is 1.18. The van der Waals surface area contributed by atoms with E-state index in [1.165, 1.54) is 5.56 Å². The lowest BCUT2D eigenvalue weighted by atomic mass is 10.1. The van der Waals surface area contributed by atoms with Gasteiger partial charge in [-0.1, -0.05) is 26.0 Å². The maximum Gasteiger partial charge on any atom is 0.118 e. The number of hydrogen-bond donors (Lipinski definition) is 1. The second-order valence-electron chi connectivity index (χ2n) is 4.59. The van der Waals surface area contributed by atoms with Gasteiger partial charge in [-0.2, -0.15) is 0 Å². The molecule has 3 nitrogen and oxygen atoms in total. The summed E-state index contributed by atoms with van der Waals surface area (Å²) < 4.78 is 17.1. The van der Waals surface area contributed by atoms with E-state index >= 15 is 0 Å². The third kappa shape index (κ3) is 5.74. The Kier molecular flexibility index (Phi) is 7.75. The van der Waals surface area contributed by atoms with Gasteiger partial charge in [0.05, 0.1) is 7.11 Å². The van der Waals surface area contributed by atoms with Crippen LogP contribution in [0.1, 0.15) is 38.3 Å². The molecule has 2 unspecified atom stereocenters. The molecule has 0 saturated heterocycles. The second kappa shape index (κ2) is 9.10. The fourth-order valence-corrected chi connectivity index (χ4v) is 3.23. The topological polar surface area (TPSA) is 38.3 Å². The van der Waals surface area contributed by atoms with Crippen LogP contribution in [0.15, 0.2) is 24.3 Å². The van der Waals surface area contributed by atoms with Gasteiger partial charge in [0.1, 0.15) is 5.75 Å². The largest absolute Gasteiger partial charge is 0.497 e. The van der Waals surface area contributed by atoms with E-state index in [0.29, 0.717) is 5.75 Å². The molecule has 0 heterocycles. The fourth-order valence-electron chi connectivity index (χ4n) is 1.92. The van der Waals surface area contributed by atoms with E-state index in [4.69, 9.17) is 4.74 Å². The number of ether oxygens (including phenoxy) is 1. The van der Waals surface area contributed by atoms with Crippen molar-refractivity contribution in [3.63, 3.8) is 0 Å². The van der Waals surface area contributed by atoms with Crippen LogP contribution < -0.4 is 10.1 Å². The van der Waals surface area contributed by atoms with Crippen molar-refractivity contribution < 1.29 is 8.95 Å². The first-order chi connectivity index (χ1) is 9.21. The number of nitrogens with one attached hydrogen (secondary N) is 1. The van der Waals surface area contributed by atoms with Crippen LogP contribution in [0.2, 0.25) is 0 Å². The van der Waals surface area contributed by atoms with E-state index in [0.717, 1.165) is 30.9 Å². The molecule has 19 heavy (non-hydrogen) atoms. The van der Waals surface area contributed by atoms with Gasteiger partial charge in [-0.25, -0.2) is 0 Å². The molecule has 2 atom stereocenters. The smallest absolute Gasteiger partial charge is 0.118 e. The third-order valence-electron chi connectivity index (χ3n) is 2.94. The molecule has 1 aromatic rings. The normalized spacial score (nSPS) is 14.1. The van der Waals surface area contributed by atoms with Crippen molar-refractivity contribution in [3.8, 4) is 5.75 Å². The molecule has 0 spiro atoms. The molecule has 0 aromatic heterocycles. The number of benzene rings is 1. The van der Waals surface area contributed by atoms with Crippen molar-refractivity contribution in [1.82, 2.24) is 5.32 Å². The first kappa shape index (κ1) is 16.2. The van der Waals surface area contributed by atoms with Gasteiger partial charge in [0.2, 0.25) is 0 Å². The molecule has 0 aliphatic rings. The van der Waals surface area contributed by atoms with Crippen molar-refractivity contribution in [3.05, 3.63) is 29.8 Å². The van der Waals surface area contributed by atoms with Gasteiger partial charge in [0, 0.05) is 28.3 Å². The highest BCUT2D eigenvalue weighted by Crippen LogP contribution is 2.19. The van der Waals surface area contributed by atoms with Gasteiger partial charge in [0.15, 0.2) is 0 Å². The van der Waals surface area contributed by atoms with Crippen molar-refractivity contribution in [1.29, 1.82) is 0 Å². The van der Waals surface area contributed by atoms with Crippen molar-refractivity contribution in [2.75, 3.05) is 25.2 Å². The number of hydrogen-bond acceptors (Lipinski definition) is 3. The lowest BCUT2D eigenvalue weighted by molar-refractivity contribution is 0.414. The van der Waals surface area contributed by atoms with Gasteiger partial charge in [0.25, 0.3) is 0 Å². The van der Waals surface area contributed by atoms with Crippen LogP contribution >= 0.6 is 0 Å². The van der Waals surface area contributed by atoms with E-state index in [1.54, 1.807) is 7.11 Å². The molecule has 108 valence electrons. The number of rotatable bonds is 9. The monoisotopic (exact) mass is 283 g/mol. The molecular formula is C15H25NO2S. The zero-order valence-corrected chi connectivity index (χ0v) is 13.0. The van der Waals surface area contributed by atoms with Crippen LogP contribution in [0.3, 0.4) is 0 Å². The summed E-state index contributed by atoms with van der Waals surface area (Å²) in [6, 6.07) is 8.18. The van der Waals surface area contributed by atoms with Gasteiger partial charge >= 0.3 is 0 Å². The Labute approximate surface area is 119 Å². The Morgan fingerprint density at radius 3 is 2.42 bits per heavy atom. The SMILES string of the molecule is CCCNC(CS(=O)CCC)c1ccc(OC)cc1. The van der Waals surface area contributed by atoms with Crippen LogP contribution in [-0.2, 0) is 10.8 Å². The molecule has 1 rings (SSSR count). The van der Waals surface area contributed by atoms with Crippen LogP contribution in [0, 0.1) is 0 Å². The predicted molar refractivity (Wildman–Crippen MR) is 82.2 cm³/mol. The molecule has 0 fully saturated rings. The molecule has 1 aromatic carbocycles. The minimum absolute atomic E-state index is 0.165. The first-order valence-corrected chi connectivity index (χ1v) is 8.42. The molecule has 1 N–H and O–H groups in total. The summed E-state index contributed by atoms with van der Waals surface area (Å²) in [5.74, 6) is 2.31. The second-order valence-corrected chi connectivity index (χ2v) is 6.21. The lowest BCUT2D eigenvalue weighted by Crippen LogP contribution is -2.27. The van der Waals surface area contributed by atoms with E-state index < -0.39 is 10.8 Å². The van der Waals surface area contributed by atoms with E-state index in [2.05, 4.69) is 31.3 Å². The van der Waals surface area contributed by atoms with Crippen molar-refractivity contribution in [2.45, 2.75) is 32.7 Å². The molecular weight excluding hydrogens is 258 g/mol. The Morgan fingerprint density at radius 2 is 1.89 bits per heavy atom. The summed E-state index contributed by atoms with van der Waals surface area (Å²) in [4.78, 5) is 0. The Morgan fingerprint density at radius 1 is 1.21 bits per heavy atom. The Bertz CT molecular complexity index is 378. The summed E-state index contributed by atoms with van der Waals surface area (Å²) >= 11 is 0. The molecule has 0 aliphatic heterocycles. The average molecular weight is 283 g/mol. The zero-order chi connectivity index (χ0) is 14.1. The van der Waals surface area contributed by atoms with Crippen LogP contribution in [0.4, 0.5) is 0 Å². The van der Waals surface area contributed by atoms with E-state index in [9.17, 15) is 4.21 Å². The molecule has 4 heteroatoms. The highest BCUT2D eigenvalue weighted by molar-refractivity contribution is 7.85. The van der Waals surface area contributed by atoms with E-state index in [-0.39, 0.29) is 6.04 Å². The van der Waals surface area contributed by atoms with Gasteiger partial charge in [-0.15, -0.1) is 0 Å². The summed E-state index contributed by atoms with van der Waals surface area (Å²) in [6.07, 6.45) is 2.04. The third-order valence-corrected chi connectivity index (χ3v) is 4.51. The Balaban J connectivity index is 2.73. The van der Waals surface area contributed by atoms with E-state index in [1.807, 2.05) is 12.1 Å². The fraction of sp³-hybridized carbons (Fsp3) is 0.600. The quantitative estimate of drug-likeness (QED) is 0.757. The minimum atomic E-state index is -0.755. The molecule has 0 aliphatic carbocycles. The highest BCUT2D eigenvalue weighted by Gasteiger charge is 2.14. The standard InChI is InChI=1S/C15H25NO2S/c1-4-10-16-15(12-19(17)11-5-2)13-6-8-14(18-3)9-7-13/h6-9,15-16H,4-5,10-12H2,1-3H3. The van der Waals surface area contributed by atoms with Crippen molar-refractivity contribution in [2.24, 2.45) is 0 Å². The molecule has 0 saturated carbocycles. The maximum atomic E-state index is 12.0. The van der Waals surface area contributed by atoms with Gasteiger partial charge in [-0.3, -0.25) is 4.21 Å². The van der Waals surface area contributed by atoms with Crippen molar-refractivity contribution >= 4 is 10.8 Å². The predicted octanol–water partition coefficient (Wildman–Crippen LogP) is 2.89. The first-order valence-electron chi connectivity index (χ1n) is 6.93. The number of methoxy groups -OCH3 is 1. The van der Waals surface area contributed by atoms with Gasteiger partial charge in [-0.05, 0) is 37.1 Å². The molecule has 0 radical (unpaired) electrons. The molecule has 0 amide bonds. The summed E-state index contributed by atoms with van der Waals surface area (Å²) in [6.45, 7) is 5.15. The zero-order valence-electron chi connectivity index (χ0n) is 12.1. The van der Waals surface area contributed by atoms with Crippen LogP contribution in [0.5, 0.6) is 5.75 Å². The maximum absolute atomic E-state index is 12.0. The average Bonchev–Trinajstić information content (AvgIpc) is 2.44. The van der Waals surface area contributed by atoms with Crippen LogP contribution in [0.25, 0.3) is 0 Å². The molecule has 0 bridgehead atoms. The highest BCUT2D eigenvalue weighted by atomic mass is 32.2. The summed E-state index contributed by atoms with van der Waals surface area (Å²) in [5, 5.41) is 3.48. The minimum Gasteiger partial charge on any atom is -0.497 e. The Hall–Kier alpha value is -0.870.